The van der Waals surface area contributed by atoms with E-state index in [0.717, 1.165) is 22.9 Å². The summed E-state index contributed by atoms with van der Waals surface area (Å²) >= 11 is 0. The van der Waals surface area contributed by atoms with Crippen LogP contribution < -0.4 is 4.31 Å². The molecule has 0 aliphatic heterocycles. The molecule has 0 atom stereocenters. The van der Waals surface area contributed by atoms with Crippen LogP contribution >= 0.6 is 0 Å². The van der Waals surface area contributed by atoms with Gasteiger partial charge in [0.15, 0.2) is 5.78 Å². The van der Waals surface area contributed by atoms with Crippen LogP contribution in [-0.4, -0.2) is 39.4 Å². The highest BCUT2D eigenvalue weighted by Gasteiger charge is 2.38. The molecular weight excluding hydrogens is 423 g/mol. The Hall–Kier alpha value is -2.36. The van der Waals surface area contributed by atoms with Crippen molar-refractivity contribution in [2.45, 2.75) is 39.3 Å². The summed E-state index contributed by atoms with van der Waals surface area (Å²) < 4.78 is 70.3. The number of hydrogen-bond donors (Lipinski definition) is 0. The lowest BCUT2D eigenvalue weighted by atomic mass is 9.96. The van der Waals surface area contributed by atoms with Gasteiger partial charge in [-0.2, -0.15) is 13.2 Å². The number of carbonyl (C=O) groups excluding carboxylic acids is 2. The maximum Gasteiger partial charge on any atom is 0.416 e. The topological polar surface area (TPSA) is 80.8 Å². The number of anilines is 1. The lowest BCUT2D eigenvalue weighted by Crippen LogP contribution is -2.32. The maximum absolute atomic E-state index is 13.3. The summed E-state index contributed by atoms with van der Waals surface area (Å²) in [5.74, 6) is -1.66. The summed E-state index contributed by atoms with van der Waals surface area (Å²) in [5, 5.41) is 0. The third-order valence-electron chi connectivity index (χ3n) is 4.49. The van der Waals surface area contributed by atoms with Crippen molar-refractivity contribution >= 4 is 27.3 Å². The quantitative estimate of drug-likeness (QED) is 0.178. The Kier molecular flexibility index (Phi) is 7.33. The van der Waals surface area contributed by atoms with Gasteiger partial charge in [0.2, 0.25) is 15.8 Å². The third-order valence-corrected chi connectivity index (χ3v) is 5.67. The molecule has 1 aliphatic rings. The van der Waals surface area contributed by atoms with Gasteiger partial charge in [-0.3, -0.25) is 13.9 Å². The molecule has 1 saturated carbocycles. The van der Waals surface area contributed by atoms with Crippen molar-refractivity contribution < 1.29 is 35.9 Å². The average Bonchev–Trinajstić information content (AvgIpc) is 3.49. The highest BCUT2D eigenvalue weighted by Crippen LogP contribution is 2.37. The van der Waals surface area contributed by atoms with Gasteiger partial charge in [-0.15, -0.1) is 0 Å². The monoisotopic (exact) mass is 447 g/mol. The number of allylic oxidation sites excluding steroid dienone is 1. The molecule has 1 aliphatic carbocycles. The average molecular weight is 447 g/mol. The number of ketones is 2. The van der Waals surface area contributed by atoms with Gasteiger partial charge in [-0.25, -0.2) is 8.42 Å². The fraction of sp³-hybridized carbons (Fsp3) is 0.500. The second-order valence-electron chi connectivity index (χ2n) is 7.02. The van der Waals surface area contributed by atoms with Crippen LogP contribution in [0.1, 0.15) is 49.0 Å². The Morgan fingerprint density at radius 2 is 1.87 bits per heavy atom. The second kappa shape index (κ2) is 9.20. The first-order valence-electron chi connectivity index (χ1n) is 9.51. The fourth-order valence-corrected chi connectivity index (χ4v) is 3.90. The van der Waals surface area contributed by atoms with Crippen molar-refractivity contribution in [3.8, 4) is 0 Å². The number of carbonyl (C=O) groups is 2. The first-order valence-corrected chi connectivity index (χ1v) is 11.4. The molecule has 6 nitrogen and oxygen atoms in total. The molecule has 0 N–H and O–H groups in total. The molecular formula is C20H24F3NO5S. The number of rotatable bonds is 10. The summed E-state index contributed by atoms with van der Waals surface area (Å²) in [6, 6.07) is 2.24. The normalized spacial score (nSPS) is 15.1. The van der Waals surface area contributed by atoms with Gasteiger partial charge in [-0.1, -0.05) is 6.92 Å². The van der Waals surface area contributed by atoms with E-state index in [0.29, 0.717) is 31.4 Å². The van der Waals surface area contributed by atoms with Crippen molar-refractivity contribution in [1.82, 2.24) is 0 Å². The first-order chi connectivity index (χ1) is 13.9. The Bertz CT molecular complexity index is 950. The Labute approximate surface area is 173 Å². The van der Waals surface area contributed by atoms with Gasteiger partial charge < -0.3 is 4.74 Å². The lowest BCUT2D eigenvalue weighted by molar-refractivity contribution is -0.137. The van der Waals surface area contributed by atoms with Gasteiger partial charge in [0.05, 0.1) is 30.4 Å². The van der Waals surface area contributed by atoms with Crippen molar-refractivity contribution in [1.29, 1.82) is 0 Å². The van der Waals surface area contributed by atoms with Crippen LogP contribution in [0.15, 0.2) is 30.0 Å². The number of sulfonamides is 1. The third kappa shape index (κ3) is 5.62. The molecule has 10 heteroatoms. The number of nitrogens with zero attached hydrogens (tertiary/aromatic N) is 1. The molecule has 0 spiro atoms. The van der Waals surface area contributed by atoms with Gasteiger partial charge in [0.25, 0.3) is 0 Å². The van der Waals surface area contributed by atoms with E-state index in [1.165, 1.54) is 0 Å². The SMILES string of the molecule is CCCN(c1cc(C(F)(F)F)ccc1C(=O)/C(=C\OCC)C(=O)C1CC1)S(C)(=O)=O. The van der Waals surface area contributed by atoms with Crippen LogP contribution in [0.4, 0.5) is 18.9 Å². The molecule has 1 aromatic rings. The molecule has 0 saturated heterocycles. The summed E-state index contributed by atoms with van der Waals surface area (Å²) in [7, 11) is -3.99. The summed E-state index contributed by atoms with van der Waals surface area (Å²) in [4.78, 5) is 25.7. The van der Waals surface area contributed by atoms with E-state index in [9.17, 15) is 31.2 Å². The van der Waals surface area contributed by atoms with Crippen LogP contribution in [-0.2, 0) is 25.7 Å². The van der Waals surface area contributed by atoms with Gasteiger partial charge in [0, 0.05) is 18.0 Å². The minimum absolute atomic E-state index is 0.124. The zero-order valence-corrected chi connectivity index (χ0v) is 17.8. The minimum atomic E-state index is -4.74. The summed E-state index contributed by atoms with van der Waals surface area (Å²) in [6.07, 6.45) is -1.35. The number of hydrogen-bond acceptors (Lipinski definition) is 5. The van der Waals surface area contributed by atoms with E-state index in [2.05, 4.69) is 0 Å². The predicted octanol–water partition coefficient (Wildman–Crippen LogP) is 3.96. The zero-order chi connectivity index (χ0) is 22.7. The van der Waals surface area contributed by atoms with Crippen molar-refractivity contribution in [2.24, 2.45) is 5.92 Å². The largest absolute Gasteiger partial charge is 0.501 e. The van der Waals surface area contributed by atoms with E-state index in [4.69, 9.17) is 4.74 Å². The molecule has 1 aromatic carbocycles. The molecule has 0 heterocycles. The van der Waals surface area contributed by atoms with Crippen LogP contribution in [0.25, 0.3) is 0 Å². The van der Waals surface area contributed by atoms with E-state index in [-0.39, 0.29) is 30.2 Å². The van der Waals surface area contributed by atoms with E-state index in [1.807, 2.05) is 0 Å². The predicted molar refractivity (Wildman–Crippen MR) is 106 cm³/mol. The first kappa shape index (κ1) is 23.9. The van der Waals surface area contributed by atoms with Crippen molar-refractivity contribution in [3.05, 3.63) is 41.2 Å². The van der Waals surface area contributed by atoms with Gasteiger partial charge in [-0.05, 0) is 44.4 Å². The highest BCUT2D eigenvalue weighted by molar-refractivity contribution is 7.92. The van der Waals surface area contributed by atoms with Crippen LogP contribution in [0.5, 0.6) is 0 Å². The van der Waals surface area contributed by atoms with Crippen LogP contribution in [0.2, 0.25) is 0 Å². The summed E-state index contributed by atoms with van der Waals surface area (Å²) in [6.45, 7) is 3.36. The number of alkyl halides is 3. The lowest BCUT2D eigenvalue weighted by Gasteiger charge is -2.25. The smallest absolute Gasteiger partial charge is 0.416 e. The highest BCUT2D eigenvalue weighted by atomic mass is 32.2. The van der Waals surface area contributed by atoms with Crippen LogP contribution in [0.3, 0.4) is 0 Å². The molecule has 2 rings (SSSR count). The second-order valence-corrected chi connectivity index (χ2v) is 8.93. The Morgan fingerprint density at radius 3 is 2.33 bits per heavy atom. The van der Waals surface area contributed by atoms with Crippen LogP contribution in [0, 0.1) is 5.92 Å². The summed E-state index contributed by atoms with van der Waals surface area (Å²) in [5.41, 5.74) is -2.11. The Balaban J connectivity index is 2.67. The zero-order valence-electron chi connectivity index (χ0n) is 17.0. The number of halogens is 3. The molecule has 1 fully saturated rings. The molecule has 0 aromatic heterocycles. The molecule has 0 bridgehead atoms. The molecule has 0 radical (unpaired) electrons. The van der Waals surface area contributed by atoms with E-state index >= 15 is 0 Å². The Morgan fingerprint density at radius 1 is 1.23 bits per heavy atom. The molecule has 30 heavy (non-hydrogen) atoms. The number of benzene rings is 1. The fourth-order valence-electron chi connectivity index (χ4n) is 2.88. The maximum atomic E-state index is 13.3. The molecule has 166 valence electrons. The van der Waals surface area contributed by atoms with E-state index in [1.54, 1.807) is 13.8 Å². The minimum Gasteiger partial charge on any atom is -0.501 e. The number of Topliss-reactive ketones (excluding diaryl/α,β-unsaturated/α-hetero) is 2. The number of ether oxygens (including phenoxy) is 1. The molecule has 0 amide bonds. The molecule has 0 unspecified atom stereocenters. The van der Waals surface area contributed by atoms with E-state index < -0.39 is 39.0 Å². The van der Waals surface area contributed by atoms with Gasteiger partial charge in [0.1, 0.15) is 5.57 Å². The van der Waals surface area contributed by atoms with Crippen molar-refractivity contribution in [3.63, 3.8) is 0 Å². The standard InChI is InChI=1S/C20H24F3NO5S/c1-4-10-24(30(3,27)28)17-11-14(20(21,22)23)8-9-15(17)19(26)16(12-29-5-2)18(25)13-6-7-13/h8-9,11-13H,4-7,10H2,1-3H3/b16-12-. The van der Waals surface area contributed by atoms with Gasteiger partial charge >= 0.3 is 6.18 Å². The van der Waals surface area contributed by atoms with Crippen molar-refractivity contribution in [2.75, 3.05) is 23.7 Å².